The van der Waals surface area contributed by atoms with Gasteiger partial charge in [0.05, 0.1) is 18.1 Å². The van der Waals surface area contributed by atoms with Crippen LogP contribution >= 0.6 is 0 Å². The average Bonchev–Trinajstić information content (AvgIpc) is 2.72. The monoisotopic (exact) mass is 192 g/mol. The molecule has 0 saturated heterocycles. The van der Waals surface area contributed by atoms with Gasteiger partial charge in [-0.2, -0.15) is 0 Å². The van der Waals surface area contributed by atoms with Crippen molar-refractivity contribution in [3.8, 4) is 0 Å². The van der Waals surface area contributed by atoms with Crippen molar-refractivity contribution in [2.24, 2.45) is 4.99 Å². The van der Waals surface area contributed by atoms with Gasteiger partial charge in [-0.05, 0) is 31.9 Å². The van der Waals surface area contributed by atoms with Crippen molar-refractivity contribution < 1.29 is 4.42 Å². The molecule has 2 rings (SSSR count). The molecule has 0 spiro atoms. The summed E-state index contributed by atoms with van der Waals surface area (Å²) in [4.78, 5) is 4.44. The number of nitrogens with zero attached hydrogens (tertiary/aromatic N) is 1. The zero-order valence-corrected chi connectivity index (χ0v) is 8.49. The van der Waals surface area contributed by atoms with Crippen LogP contribution in [0.2, 0.25) is 0 Å². The molecule has 1 N–H and O–H groups in total. The Kier molecular flexibility index (Phi) is 2.87. The Labute approximate surface area is 84.2 Å². The van der Waals surface area contributed by atoms with E-state index in [0.29, 0.717) is 0 Å². The SMILES string of the molecule is CC(NC1=NCCCC1)c1ccco1. The molecule has 14 heavy (non-hydrogen) atoms. The number of rotatable bonds is 2. The maximum absolute atomic E-state index is 5.32. The van der Waals surface area contributed by atoms with Gasteiger partial charge in [-0.25, -0.2) is 0 Å². The normalized spacial score (nSPS) is 18.8. The lowest BCUT2D eigenvalue weighted by Crippen LogP contribution is -2.28. The number of amidine groups is 1. The predicted octanol–water partition coefficient (Wildman–Crippen LogP) is 2.51. The molecular weight excluding hydrogens is 176 g/mol. The summed E-state index contributed by atoms with van der Waals surface area (Å²) in [6.45, 7) is 3.06. The number of hydrogen-bond donors (Lipinski definition) is 1. The first kappa shape index (κ1) is 9.31. The summed E-state index contributed by atoms with van der Waals surface area (Å²) in [6, 6.07) is 4.12. The van der Waals surface area contributed by atoms with Gasteiger partial charge >= 0.3 is 0 Å². The van der Waals surface area contributed by atoms with Crippen LogP contribution in [0.15, 0.2) is 27.8 Å². The van der Waals surface area contributed by atoms with Gasteiger partial charge in [-0.15, -0.1) is 0 Å². The standard InChI is InChI=1S/C11H16N2O/c1-9(10-5-4-8-14-10)13-11-6-2-3-7-12-11/h4-5,8-9H,2-3,6-7H2,1H3,(H,12,13). The first-order chi connectivity index (χ1) is 6.86. The molecule has 0 amide bonds. The lowest BCUT2D eigenvalue weighted by Gasteiger charge is -2.17. The Morgan fingerprint density at radius 3 is 3.07 bits per heavy atom. The van der Waals surface area contributed by atoms with E-state index < -0.39 is 0 Å². The minimum Gasteiger partial charge on any atom is -0.467 e. The van der Waals surface area contributed by atoms with E-state index in [1.165, 1.54) is 12.8 Å². The highest BCUT2D eigenvalue weighted by Gasteiger charge is 2.11. The molecule has 0 bridgehead atoms. The highest BCUT2D eigenvalue weighted by Crippen LogP contribution is 2.14. The molecule has 1 aromatic rings. The van der Waals surface area contributed by atoms with Crippen molar-refractivity contribution >= 4 is 5.84 Å². The van der Waals surface area contributed by atoms with Gasteiger partial charge in [0.2, 0.25) is 0 Å². The van der Waals surface area contributed by atoms with Crippen molar-refractivity contribution in [1.82, 2.24) is 5.32 Å². The highest BCUT2D eigenvalue weighted by atomic mass is 16.3. The van der Waals surface area contributed by atoms with Gasteiger partial charge in [-0.3, -0.25) is 4.99 Å². The second-order valence-electron chi connectivity index (χ2n) is 3.67. The second kappa shape index (κ2) is 4.31. The Morgan fingerprint density at radius 1 is 1.50 bits per heavy atom. The fraction of sp³-hybridized carbons (Fsp3) is 0.545. The molecule has 1 atom stereocenters. The summed E-state index contributed by atoms with van der Waals surface area (Å²) < 4.78 is 5.32. The van der Waals surface area contributed by atoms with Crippen LogP contribution in [0.5, 0.6) is 0 Å². The third-order valence-corrected chi connectivity index (χ3v) is 2.48. The van der Waals surface area contributed by atoms with Crippen molar-refractivity contribution in [3.63, 3.8) is 0 Å². The lowest BCUT2D eigenvalue weighted by atomic mass is 10.1. The fourth-order valence-corrected chi connectivity index (χ4v) is 1.67. The largest absolute Gasteiger partial charge is 0.467 e. The van der Waals surface area contributed by atoms with Crippen LogP contribution in [-0.4, -0.2) is 12.4 Å². The lowest BCUT2D eigenvalue weighted by molar-refractivity contribution is 0.460. The molecule has 0 fully saturated rings. The van der Waals surface area contributed by atoms with Gasteiger partial charge in [-0.1, -0.05) is 0 Å². The number of hydrogen-bond acceptors (Lipinski definition) is 3. The van der Waals surface area contributed by atoms with E-state index in [9.17, 15) is 0 Å². The fourth-order valence-electron chi connectivity index (χ4n) is 1.67. The van der Waals surface area contributed by atoms with Crippen LogP contribution in [0.4, 0.5) is 0 Å². The topological polar surface area (TPSA) is 37.5 Å². The third-order valence-electron chi connectivity index (χ3n) is 2.48. The summed E-state index contributed by atoms with van der Waals surface area (Å²) in [5, 5.41) is 3.38. The molecule has 0 saturated carbocycles. The van der Waals surface area contributed by atoms with Gasteiger partial charge < -0.3 is 9.73 Å². The summed E-state index contributed by atoms with van der Waals surface area (Å²) in [5.41, 5.74) is 0. The smallest absolute Gasteiger partial charge is 0.125 e. The molecule has 1 unspecified atom stereocenters. The molecule has 76 valence electrons. The Hall–Kier alpha value is -1.25. The first-order valence-corrected chi connectivity index (χ1v) is 5.19. The molecule has 3 nitrogen and oxygen atoms in total. The van der Waals surface area contributed by atoms with Crippen LogP contribution in [0.1, 0.15) is 38.0 Å². The zero-order valence-electron chi connectivity index (χ0n) is 8.49. The van der Waals surface area contributed by atoms with E-state index in [4.69, 9.17) is 4.42 Å². The van der Waals surface area contributed by atoms with E-state index in [2.05, 4.69) is 17.2 Å². The molecule has 1 aliphatic heterocycles. The van der Waals surface area contributed by atoms with Crippen molar-refractivity contribution in [2.75, 3.05) is 6.54 Å². The number of furan rings is 1. The van der Waals surface area contributed by atoms with Crippen LogP contribution in [0, 0.1) is 0 Å². The van der Waals surface area contributed by atoms with Gasteiger partial charge in [0, 0.05) is 13.0 Å². The maximum atomic E-state index is 5.32. The number of aliphatic imine (C=N–C) groups is 1. The molecule has 0 radical (unpaired) electrons. The van der Waals surface area contributed by atoms with E-state index in [-0.39, 0.29) is 6.04 Å². The highest BCUT2D eigenvalue weighted by molar-refractivity contribution is 5.82. The third kappa shape index (κ3) is 2.16. The summed E-state index contributed by atoms with van der Waals surface area (Å²) in [7, 11) is 0. The molecule has 3 heteroatoms. The Morgan fingerprint density at radius 2 is 2.43 bits per heavy atom. The maximum Gasteiger partial charge on any atom is 0.125 e. The van der Waals surface area contributed by atoms with Crippen molar-refractivity contribution in [3.05, 3.63) is 24.2 Å². The van der Waals surface area contributed by atoms with Crippen LogP contribution in [0.25, 0.3) is 0 Å². The zero-order chi connectivity index (χ0) is 9.80. The van der Waals surface area contributed by atoms with Crippen LogP contribution in [-0.2, 0) is 0 Å². The number of nitrogens with one attached hydrogen (secondary N) is 1. The van der Waals surface area contributed by atoms with E-state index >= 15 is 0 Å². The van der Waals surface area contributed by atoms with Crippen LogP contribution < -0.4 is 5.32 Å². The minimum atomic E-state index is 0.224. The second-order valence-corrected chi connectivity index (χ2v) is 3.67. The predicted molar refractivity (Wildman–Crippen MR) is 56.4 cm³/mol. The van der Waals surface area contributed by atoms with Gasteiger partial charge in [0.1, 0.15) is 5.76 Å². The summed E-state index contributed by atoms with van der Waals surface area (Å²) >= 11 is 0. The van der Waals surface area contributed by atoms with Crippen LogP contribution in [0.3, 0.4) is 0 Å². The van der Waals surface area contributed by atoms with Crippen molar-refractivity contribution in [2.45, 2.75) is 32.2 Å². The molecule has 2 heterocycles. The minimum absolute atomic E-state index is 0.224. The van der Waals surface area contributed by atoms with E-state index in [1.807, 2.05) is 12.1 Å². The first-order valence-electron chi connectivity index (χ1n) is 5.19. The quantitative estimate of drug-likeness (QED) is 0.781. The Balaban J connectivity index is 1.94. The molecule has 1 aromatic heterocycles. The van der Waals surface area contributed by atoms with Crippen molar-refractivity contribution in [1.29, 1.82) is 0 Å². The Bertz CT molecular complexity index is 303. The van der Waals surface area contributed by atoms with E-state index in [0.717, 1.165) is 24.6 Å². The van der Waals surface area contributed by atoms with Gasteiger partial charge in [0.15, 0.2) is 0 Å². The average molecular weight is 192 g/mol. The van der Waals surface area contributed by atoms with E-state index in [1.54, 1.807) is 6.26 Å². The molecule has 0 aliphatic carbocycles. The molecular formula is C11H16N2O. The van der Waals surface area contributed by atoms with Gasteiger partial charge in [0.25, 0.3) is 0 Å². The summed E-state index contributed by atoms with van der Waals surface area (Å²) in [5.74, 6) is 2.10. The molecule has 0 aromatic carbocycles. The summed E-state index contributed by atoms with van der Waals surface area (Å²) in [6.07, 6.45) is 5.25. The molecule has 1 aliphatic rings.